The summed E-state index contributed by atoms with van der Waals surface area (Å²) >= 11 is 3.89. The van der Waals surface area contributed by atoms with Crippen molar-refractivity contribution in [2.45, 2.75) is 26.0 Å². The molecular formula is C9H16N2O5S. The second-order valence-electron chi connectivity index (χ2n) is 3.45. The Kier molecular flexibility index (Phi) is 7.11. The van der Waals surface area contributed by atoms with Crippen LogP contribution < -0.4 is 10.6 Å². The zero-order valence-electron chi connectivity index (χ0n) is 9.60. The predicted molar refractivity (Wildman–Crippen MR) is 63.0 cm³/mol. The Morgan fingerprint density at radius 2 is 1.94 bits per heavy atom. The van der Waals surface area contributed by atoms with Gasteiger partial charge in [0.2, 0.25) is 5.91 Å². The van der Waals surface area contributed by atoms with Gasteiger partial charge in [-0.1, -0.05) is 0 Å². The molecule has 0 aromatic carbocycles. The molecule has 0 radical (unpaired) electrons. The van der Waals surface area contributed by atoms with Crippen LogP contribution in [-0.4, -0.2) is 47.5 Å². The molecule has 0 saturated carbocycles. The highest BCUT2D eigenvalue weighted by Crippen LogP contribution is 1.93. The Hall–Kier alpha value is -1.44. The van der Waals surface area contributed by atoms with Gasteiger partial charge in [0, 0.05) is 5.75 Å². The van der Waals surface area contributed by atoms with Gasteiger partial charge in [-0.15, -0.1) is 0 Å². The molecule has 2 amide bonds. The number of nitrogens with one attached hydrogen (secondary N) is 2. The summed E-state index contributed by atoms with van der Waals surface area (Å²) in [4.78, 5) is 32.8. The molecule has 17 heavy (non-hydrogen) atoms. The monoisotopic (exact) mass is 264 g/mol. The van der Waals surface area contributed by atoms with Crippen molar-refractivity contribution >= 4 is 30.6 Å². The molecule has 0 bridgehead atoms. The summed E-state index contributed by atoms with van der Waals surface area (Å²) in [6.45, 7) is 2.82. The van der Waals surface area contributed by atoms with Gasteiger partial charge in [0.25, 0.3) is 0 Å². The first-order valence-electron chi connectivity index (χ1n) is 4.94. The van der Waals surface area contributed by atoms with Crippen molar-refractivity contribution in [2.75, 3.05) is 12.3 Å². The number of aliphatic carboxylic acids is 1. The third-order valence-corrected chi connectivity index (χ3v) is 1.91. The normalized spacial score (nSPS) is 11.8. The Labute approximate surface area is 104 Å². The van der Waals surface area contributed by atoms with E-state index in [0.29, 0.717) is 0 Å². The van der Waals surface area contributed by atoms with Crippen molar-refractivity contribution in [3.63, 3.8) is 0 Å². The molecule has 0 aromatic rings. The lowest BCUT2D eigenvalue weighted by molar-refractivity contribution is -0.138. The Bertz CT molecular complexity index is 295. The summed E-state index contributed by atoms with van der Waals surface area (Å²) in [5.74, 6) is -1.75. The number of carbonyl (C=O) groups is 3. The van der Waals surface area contributed by atoms with Crippen molar-refractivity contribution in [2.24, 2.45) is 0 Å². The number of amides is 2. The summed E-state index contributed by atoms with van der Waals surface area (Å²) in [7, 11) is 0. The van der Waals surface area contributed by atoms with E-state index in [1.807, 2.05) is 0 Å². The van der Waals surface area contributed by atoms with Crippen LogP contribution in [0.2, 0.25) is 0 Å². The fourth-order valence-corrected chi connectivity index (χ4v) is 1.13. The Morgan fingerprint density at radius 1 is 1.35 bits per heavy atom. The van der Waals surface area contributed by atoms with Gasteiger partial charge in [-0.3, -0.25) is 9.59 Å². The molecular weight excluding hydrogens is 248 g/mol. The largest absolute Gasteiger partial charge is 0.480 e. The Morgan fingerprint density at radius 3 is 2.35 bits per heavy atom. The fraction of sp³-hybridized carbons (Fsp3) is 0.667. The standard InChI is InChI=1S/C9H16N2O5S/c1-5(2)16-9(15)11-6(4-17)8(14)10-3-7(12)13/h5-6,17H,3-4H2,1-2H3,(H,10,14)(H,11,15)(H,12,13)/t6-/m0/s1. The lowest BCUT2D eigenvalue weighted by Gasteiger charge is -2.16. The van der Waals surface area contributed by atoms with Gasteiger partial charge in [0.15, 0.2) is 0 Å². The molecule has 1 atom stereocenters. The van der Waals surface area contributed by atoms with E-state index in [2.05, 4.69) is 23.3 Å². The smallest absolute Gasteiger partial charge is 0.408 e. The van der Waals surface area contributed by atoms with Crippen LogP contribution >= 0.6 is 12.6 Å². The van der Waals surface area contributed by atoms with Crippen LogP contribution in [0.5, 0.6) is 0 Å². The third-order valence-electron chi connectivity index (χ3n) is 1.55. The minimum Gasteiger partial charge on any atom is -0.480 e. The van der Waals surface area contributed by atoms with Crippen LogP contribution in [0.15, 0.2) is 0 Å². The zero-order chi connectivity index (χ0) is 13.4. The highest BCUT2D eigenvalue weighted by atomic mass is 32.1. The van der Waals surface area contributed by atoms with E-state index in [-0.39, 0.29) is 11.9 Å². The van der Waals surface area contributed by atoms with Crippen LogP contribution in [0.3, 0.4) is 0 Å². The van der Waals surface area contributed by atoms with Gasteiger partial charge in [-0.2, -0.15) is 12.6 Å². The van der Waals surface area contributed by atoms with Gasteiger partial charge < -0.3 is 20.5 Å². The summed E-state index contributed by atoms with van der Waals surface area (Å²) in [5.41, 5.74) is 0. The number of thiol groups is 1. The SMILES string of the molecule is CC(C)OC(=O)N[C@@H](CS)C(=O)NCC(=O)O. The van der Waals surface area contributed by atoms with Gasteiger partial charge in [-0.25, -0.2) is 4.79 Å². The van der Waals surface area contributed by atoms with Crippen molar-refractivity contribution in [3.8, 4) is 0 Å². The molecule has 7 nitrogen and oxygen atoms in total. The average Bonchev–Trinajstić information content (AvgIpc) is 2.21. The highest BCUT2D eigenvalue weighted by Gasteiger charge is 2.20. The molecule has 0 aromatic heterocycles. The molecule has 8 heteroatoms. The quantitative estimate of drug-likeness (QED) is 0.489. The predicted octanol–water partition coefficient (Wildman–Crippen LogP) is -0.380. The maximum Gasteiger partial charge on any atom is 0.408 e. The molecule has 0 unspecified atom stereocenters. The number of carboxylic acids is 1. The van der Waals surface area contributed by atoms with E-state index in [9.17, 15) is 14.4 Å². The fourth-order valence-electron chi connectivity index (χ4n) is 0.870. The first kappa shape index (κ1) is 15.6. The molecule has 0 saturated heterocycles. The molecule has 0 spiro atoms. The van der Waals surface area contributed by atoms with E-state index in [1.54, 1.807) is 13.8 Å². The topological polar surface area (TPSA) is 105 Å². The maximum absolute atomic E-state index is 11.4. The van der Waals surface area contributed by atoms with E-state index in [4.69, 9.17) is 9.84 Å². The lowest BCUT2D eigenvalue weighted by atomic mass is 10.3. The molecule has 3 N–H and O–H groups in total. The number of hydrogen-bond donors (Lipinski definition) is 4. The molecule has 0 fully saturated rings. The van der Waals surface area contributed by atoms with Gasteiger partial charge >= 0.3 is 12.1 Å². The number of rotatable bonds is 6. The van der Waals surface area contributed by atoms with Crippen molar-refractivity contribution < 1.29 is 24.2 Å². The summed E-state index contributed by atoms with van der Waals surface area (Å²) < 4.78 is 4.78. The van der Waals surface area contributed by atoms with E-state index < -0.39 is 30.6 Å². The van der Waals surface area contributed by atoms with Crippen LogP contribution in [-0.2, 0) is 14.3 Å². The molecule has 0 aliphatic heterocycles. The minimum absolute atomic E-state index is 0.0403. The van der Waals surface area contributed by atoms with Gasteiger partial charge in [-0.05, 0) is 13.8 Å². The third kappa shape index (κ3) is 7.45. The van der Waals surface area contributed by atoms with Gasteiger partial charge in [0.1, 0.15) is 12.6 Å². The van der Waals surface area contributed by atoms with Crippen molar-refractivity contribution in [1.29, 1.82) is 0 Å². The van der Waals surface area contributed by atoms with Crippen LogP contribution in [0.4, 0.5) is 4.79 Å². The molecule has 0 aliphatic carbocycles. The number of alkyl carbamates (subject to hydrolysis) is 1. The first-order chi connectivity index (χ1) is 7.86. The molecule has 0 aliphatic rings. The first-order valence-corrected chi connectivity index (χ1v) is 5.57. The molecule has 0 heterocycles. The minimum atomic E-state index is -1.17. The Balaban J connectivity index is 4.17. The highest BCUT2D eigenvalue weighted by molar-refractivity contribution is 7.80. The molecule has 98 valence electrons. The number of hydrogen-bond acceptors (Lipinski definition) is 5. The van der Waals surface area contributed by atoms with Crippen molar-refractivity contribution in [3.05, 3.63) is 0 Å². The maximum atomic E-state index is 11.4. The second-order valence-corrected chi connectivity index (χ2v) is 3.81. The zero-order valence-corrected chi connectivity index (χ0v) is 10.5. The molecule has 0 rings (SSSR count). The summed E-state index contributed by atoms with van der Waals surface area (Å²) in [6.07, 6.45) is -1.05. The van der Waals surface area contributed by atoms with Crippen LogP contribution in [0, 0.1) is 0 Å². The summed E-state index contributed by atoms with van der Waals surface area (Å²) in [6, 6.07) is -0.927. The van der Waals surface area contributed by atoms with Crippen LogP contribution in [0.25, 0.3) is 0 Å². The number of carbonyl (C=O) groups excluding carboxylic acids is 2. The van der Waals surface area contributed by atoms with Gasteiger partial charge in [0.05, 0.1) is 6.10 Å². The second kappa shape index (κ2) is 7.77. The summed E-state index contributed by atoms with van der Waals surface area (Å²) in [5, 5.41) is 12.8. The number of carboxylic acid groups (broad SMARTS) is 1. The van der Waals surface area contributed by atoms with E-state index in [0.717, 1.165) is 0 Å². The lowest BCUT2D eigenvalue weighted by Crippen LogP contribution is -2.49. The van der Waals surface area contributed by atoms with E-state index in [1.165, 1.54) is 0 Å². The van der Waals surface area contributed by atoms with Crippen molar-refractivity contribution in [1.82, 2.24) is 10.6 Å². The number of ether oxygens (including phenoxy) is 1. The van der Waals surface area contributed by atoms with Crippen LogP contribution in [0.1, 0.15) is 13.8 Å². The average molecular weight is 264 g/mol. The van der Waals surface area contributed by atoms with E-state index >= 15 is 0 Å².